The molecule has 3 N–H and O–H groups in total. The summed E-state index contributed by atoms with van der Waals surface area (Å²) in [5, 5.41) is 24.2. The van der Waals surface area contributed by atoms with Crippen LogP contribution < -0.4 is 5.32 Å². The van der Waals surface area contributed by atoms with Crippen LogP contribution in [0.3, 0.4) is 0 Å². The molecule has 104 valence electrons. The van der Waals surface area contributed by atoms with Gasteiger partial charge in [-0.2, -0.15) is 10.3 Å². The summed E-state index contributed by atoms with van der Waals surface area (Å²) in [6, 6.07) is 3.85. The Hall–Kier alpha value is -2.48. The Kier molecular flexibility index (Phi) is 3.30. The van der Waals surface area contributed by atoms with Crippen LogP contribution in [0.4, 0.5) is 0 Å². The second kappa shape index (κ2) is 5.25. The van der Waals surface area contributed by atoms with E-state index in [1.165, 1.54) is 0 Å². The van der Waals surface area contributed by atoms with Crippen molar-refractivity contribution in [2.45, 2.75) is 26.4 Å². The maximum absolute atomic E-state index is 5.61. The third-order valence-corrected chi connectivity index (χ3v) is 3.05. The van der Waals surface area contributed by atoms with Crippen LogP contribution in [-0.2, 0) is 6.54 Å². The first-order valence-corrected chi connectivity index (χ1v) is 6.30. The van der Waals surface area contributed by atoms with Gasteiger partial charge in [-0.05, 0) is 26.0 Å². The molecule has 3 aromatic rings. The molecule has 3 rings (SSSR count). The smallest absolute Gasteiger partial charge is 0.191 e. The molecule has 0 spiro atoms. The number of hydrogen-bond acceptors (Lipinski definition) is 6. The Morgan fingerprint density at radius 1 is 1.40 bits per heavy atom. The Balaban J connectivity index is 1.71. The predicted octanol–water partition coefficient (Wildman–Crippen LogP) is 1.34. The van der Waals surface area contributed by atoms with Crippen molar-refractivity contribution in [2.75, 3.05) is 0 Å². The highest BCUT2D eigenvalue weighted by Crippen LogP contribution is 2.23. The molecule has 8 heteroatoms. The number of aryl methyl sites for hydroxylation is 1. The molecule has 1 atom stereocenters. The normalized spacial score (nSPS) is 12.7. The Bertz CT molecular complexity index is 670. The van der Waals surface area contributed by atoms with E-state index < -0.39 is 0 Å². The van der Waals surface area contributed by atoms with Crippen LogP contribution in [-0.4, -0.2) is 30.8 Å². The lowest BCUT2D eigenvalue weighted by Crippen LogP contribution is -2.19. The molecular weight excluding hydrogens is 258 g/mol. The summed E-state index contributed by atoms with van der Waals surface area (Å²) in [5.41, 5.74) is 1.90. The van der Waals surface area contributed by atoms with Crippen LogP contribution >= 0.6 is 0 Å². The summed E-state index contributed by atoms with van der Waals surface area (Å²) < 4.78 is 5.61. The third-order valence-electron chi connectivity index (χ3n) is 3.05. The number of hydrogen-bond donors (Lipinski definition) is 3. The largest absolute Gasteiger partial charge is 0.460 e. The Labute approximate surface area is 115 Å². The second-order valence-corrected chi connectivity index (χ2v) is 4.55. The van der Waals surface area contributed by atoms with E-state index in [9.17, 15) is 0 Å². The molecule has 3 aromatic heterocycles. The number of H-pyrrole nitrogens is 2. The quantitative estimate of drug-likeness (QED) is 0.647. The molecule has 0 aliphatic heterocycles. The van der Waals surface area contributed by atoms with Crippen LogP contribution in [0.15, 0.2) is 22.7 Å². The van der Waals surface area contributed by atoms with Gasteiger partial charge in [0.15, 0.2) is 11.6 Å². The zero-order valence-corrected chi connectivity index (χ0v) is 11.2. The summed E-state index contributed by atoms with van der Waals surface area (Å²) in [5.74, 6) is 2.28. The van der Waals surface area contributed by atoms with Crippen molar-refractivity contribution in [1.82, 2.24) is 36.1 Å². The van der Waals surface area contributed by atoms with Crippen LogP contribution in [0.25, 0.3) is 11.5 Å². The van der Waals surface area contributed by atoms with Gasteiger partial charge in [-0.3, -0.25) is 5.10 Å². The monoisotopic (exact) mass is 273 g/mol. The van der Waals surface area contributed by atoms with Crippen LogP contribution in [0.2, 0.25) is 0 Å². The van der Waals surface area contributed by atoms with Crippen molar-refractivity contribution in [3.63, 3.8) is 0 Å². The van der Waals surface area contributed by atoms with Crippen molar-refractivity contribution < 1.29 is 4.42 Å². The van der Waals surface area contributed by atoms with Crippen LogP contribution in [0.1, 0.15) is 30.1 Å². The van der Waals surface area contributed by atoms with E-state index in [1.54, 1.807) is 6.20 Å². The van der Waals surface area contributed by atoms with Gasteiger partial charge in [0.1, 0.15) is 11.5 Å². The minimum Gasteiger partial charge on any atom is -0.460 e. The maximum atomic E-state index is 5.61. The highest BCUT2D eigenvalue weighted by atomic mass is 16.3. The first-order valence-electron chi connectivity index (χ1n) is 6.30. The minimum atomic E-state index is -0.00478. The van der Waals surface area contributed by atoms with E-state index in [2.05, 4.69) is 36.1 Å². The predicted molar refractivity (Wildman–Crippen MR) is 70.5 cm³/mol. The first kappa shape index (κ1) is 12.5. The van der Waals surface area contributed by atoms with E-state index >= 15 is 0 Å². The number of nitrogens with one attached hydrogen (secondary N) is 3. The fraction of sp³-hybridized carbons (Fsp3) is 0.333. The molecule has 0 aliphatic rings. The average molecular weight is 273 g/mol. The number of nitrogens with zero attached hydrogens (tertiary/aromatic N) is 4. The summed E-state index contributed by atoms with van der Waals surface area (Å²) in [4.78, 5) is 0. The van der Waals surface area contributed by atoms with E-state index in [-0.39, 0.29) is 6.04 Å². The lowest BCUT2D eigenvalue weighted by atomic mass is 10.2. The fourth-order valence-corrected chi connectivity index (χ4v) is 1.93. The van der Waals surface area contributed by atoms with Crippen molar-refractivity contribution >= 4 is 0 Å². The third kappa shape index (κ3) is 2.45. The molecular formula is C12H15N7O. The first-order chi connectivity index (χ1) is 9.74. The van der Waals surface area contributed by atoms with Gasteiger partial charge >= 0.3 is 0 Å². The lowest BCUT2D eigenvalue weighted by molar-refractivity contribution is 0.537. The van der Waals surface area contributed by atoms with Gasteiger partial charge in [-0.1, -0.05) is 5.21 Å². The number of tetrazole rings is 1. The Morgan fingerprint density at radius 2 is 2.30 bits per heavy atom. The van der Waals surface area contributed by atoms with Gasteiger partial charge in [-0.25, -0.2) is 0 Å². The van der Waals surface area contributed by atoms with E-state index in [1.807, 2.05) is 26.0 Å². The molecule has 0 fully saturated rings. The standard InChI is InChI=1S/C12H15N7O/c1-7-3-4-10(20-7)11-9(6-14-15-11)5-13-8(2)12-16-18-19-17-12/h3-4,6,8,13H,5H2,1-2H3,(H,14,15)(H,16,17,18,19). The van der Waals surface area contributed by atoms with Gasteiger partial charge in [0.05, 0.1) is 12.2 Å². The van der Waals surface area contributed by atoms with Gasteiger partial charge in [0.25, 0.3) is 0 Å². The van der Waals surface area contributed by atoms with Crippen molar-refractivity contribution in [3.8, 4) is 11.5 Å². The van der Waals surface area contributed by atoms with E-state index in [0.717, 1.165) is 22.8 Å². The molecule has 0 aromatic carbocycles. The molecule has 0 bridgehead atoms. The Morgan fingerprint density at radius 3 is 3.00 bits per heavy atom. The molecule has 1 unspecified atom stereocenters. The molecule has 0 saturated heterocycles. The number of rotatable bonds is 5. The highest BCUT2D eigenvalue weighted by Gasteiger charge is 2.14. The van der Waals surface area contributed by atoms with Gasteiger partial charge in [0.2, 0.25) is 0 Å². The summed E-state index contributed by atoms with van der Waals surface area (Å²) >= 11 is 0. The van der Waals surface area contributed by atoms with Gasteiger partial charge < -0.3 is 9.73 Å². The molecule has 3 heterocycles. The molecule has 0 amide bonds. The number of aromatic amines is 2. The lowest BCUT2D eigenvalue weighted by Gasteiger charge is -2.09. The number of furan rings is 1. The van der Waals surface area contributed by atoms with Crippen LogP contribution in [0, 0.1) is 6.92 Å². The average Bonchev–Trinajstić information content (AvgIpc) is 3.16. The topological polar surface area (TPSA) is 108 Å². The summed E-state index contributed by atoms with van der Waals surface area (Å²) in [7, 11) is 0. The summed E-state index contributed by atoms with van der Waals surface area (Å²) in [6.07, 6.45) is 1.78. The van der Waals surface area contributed by atoms with Crippen molar-refractivity contribution in [1.29, 1.82) is 0 Å². The van der Waals surface area contributed by atoms with E-state index in [4.69, 9.17) is 4.42 Å². The maximum Gasteiger partial charge on any atom is 0.191 e. The van der Waals surface area contributed by atoms with Gasteiger partial charge in [-0.15, -0.1) is 10.2 Å². The van der Waals surface area contributed by atoms with Crippen molar-refractivity contribution in [3.05, 3.63) is 35.5 Å². The molecule has 20 heavy (non-hydrogen) atoms. The summed E-state index contributed by atoms with van der Waals surface area (Å²) in [6.45, 7) is 4.51. The minimum absolute atomic E-state index is 0.00478. The highest BCUT2D eigenvalue weighted by molar-refractivity contribution is 5.56. The number of aromatic nitrogens is 6. The van der Waals surface area contributed by atoms with E-state index in [0.29, 0.717) is 12.4 Å². The zero-order chi connectivity index (χ0) is 13.9. The fourth-order valence-electron chi connectivity index (χ4n) is 1.93. The van der Waals surface area contributed by atoms with Crippen LogP contribution in [0.5, 0.6) is 0 Å². The second-order valence-electron chi connectivity index (χ2n) is 4.55. The molecule has 0 aliphatic carbocycles. The molecule has 0 radical (unpaired) electrons. The molecule has 8 nitrogen and oxygen atoms in total. The van der Waals surface area contributed by atoms with Gasteiger partial charge in [0, 0.05) is 12.1 Å². The SMILES string of the molecule is Cc1ccc(-c2[nH]ncc2CNC(C)c2nn[nH]n2)o1. The van der Waals surface area contributed by atoms with Crippen molar-refractivity contribution in [2.24, 2.45) is 0 Å². The molecule has 0 saturated carbocycles. The zero-order valence-electron chi connectivity index (χ0n) is 11.2.